The van der Waals surface area contributed by atoms with Crippen LogP contribution in [0.25, 0.3) is 0 Å². The molecule has 1 saturated carbocycles. The number of alkyl halides is 1. The fraction of sp³-hybridized carbons (Fsp3) is 0.923. The van der Waals surface area contributed by atoms with Gasteiger partial charge in [0.15, 0.2) is 0 Å². The van der Waals surface area contributed by atoms with Crippen molar-refractivity contribution >= 4 is 17.5 Å². The molecule has 1 fully saturated rings. The lowest BCUT2D eigenvalue weighted by Gasteiger charge is -2.11. The van der Waals surface area contributed by atoms with Gasteiger partial charge in [-0.05, 0) is 23.2 Å². The van der Waals surface area contributed by atoms with Gasteiger partial charge in [0.25, 0.3) is 0 Å². The molecule has 0 saturated heterocycles. The summed E-state index contributed by atoms with van der Waals surface area (Å²) < 4.78 is 0. The Hall–Kier alpha value is -0.240. The van der Waals surface area contributed by atoms with Crippen molar-refractivity contribution in [3.63, 3.8) is 0 Å². The summed E-state index contributed by atoms with van der Waals surface area (Å²) >= 11 is 5.66. The van der Waals surface area contributed by atoms with Gasteiger partial charge >= 0.3 is 0 Å². The first-order valence-electron chi connectivity index (χ1n) is 6.08. The summed E-state index contributed by atoms with van der Waals surface area (Å²) in [5.41, 5.74) is 0.264. The molecule has 1 unspecified atom stereocenters. The van der Waals surface area contributed by atoms with Gasteiger partial charge in [0.1, 0.15) is 0 Å². The summed E-state index contributed by atoms with van der Waals surface area (Å²) in [7, 11) is 0. The monoisotopic (exact) mass is 245 g/mol. The van der Waals surface area contributed by atoms with E-state index in [2.05, 4.69) is 39.9 Å². The van der Waals surface area contributed by atoms with Gasteiger partial charge in [-0.15, -0.1) is 11.6 Å². The largest absolute Gasteiger partial charge is 0.356 e. The number of halogens is 1. The second-order valence-corrected chi connectivity index (χ2v) is 6.58. The number of carbonyl (C=O) groups is 1. The zero-order valence-electron chi connectivity index (χ0n) is 11.1. The highest BCUT2D eigenvalue weighted by molar-refractivity contribution is 6.17. The van der Waals surface area contributed by atoms with Crippen molar-refractivity contribution in [2.75, 3.05) is 12.4 Å². The predicted octanol–water partition coefficient (Wildman–Crippen LogP) is 3.05. The lowest BCUT2D eigenvalue weighted by Crippen LogP contribution is -2.31. The van der Waals surface area contributed by atoms with Crippen LogP contribution in [0.2, 0.25) is 0 Å². The van der Waals surface area contributed by atoms with E-state index in [4.69, 9.17) is 11.6 Å². The highest BCUT2D eigenvalue weighted by Crippen LogP contribution is 2.68. The van der Waals surface area contributed by atoms with E-state index in [-0.39, 0.29) is 22.7 Å². The Bertz CT molecular complexity index is 259. The molecular weight excluding hydrogens is 222 g/mol. The van der Waals surface area contributed by atoms with Crippen molar-refractivity contribution in [1.82, 2.24) is 5.32 Å². The summed E-state index contributed by atoms with van der Waals surface area (Å²) in [6.45, 7) is 11.5. The van der Waals surface area contributed by atoms with Crippen LogP contribution in [0.5, 0.6) is 0 Å². The second kappa shape index (κ2) is 4.56. The van der Waals surface area contributed by atoms with E-state index >= 15 is 0 Å². The number of hydrogen-bond donors (Lipinski definition) is 1. The lowest BCUT2D eigenvalue weighted by molar-refractivity contribution is -0.123. The molecule has 0 aromatic heterocycles. The standard InChI is InChI=1S/C13H24ClNO/c1-9(6-7-14)8-15-11(16)10-12(2,3)13(10,4)5/h9-10H,6-8H2,1-5H3,(H,15,16). The Labute approximate surface area is 104 Å². The molecule has 1 rings (SSSR count). The van der Waals surface area contributed by atoms with E-state index in [9.17, 15) is 4.79 Å². The van der Waals surface area contributed by atoms with Gasteiger partial charge in [0.05, 0.1) is 0 Å². The average molecular weight is 246 g/mol. The Balaban J connectivity index is 2.39. The summed E-state index contributed by atoms with van der Waals surface area (Å²) in [6, 6.07) is 0. The molecule has 1 N–H and O–H groups in total. The normalized spacial score (nSPS) is 23.9. The minimum atomic E-state index is 0.132. The molecular formula is C13H24ClNO. The van der Waals surface area contributed by atoms with Crippen molar-refractivity contribution in [1.29, 1.82) is 0 Å². The fourth-order valence-electron chi connectivity index (χ4n) is 2.52. The molecule has 0 spiro atoms. The van der Waals surface area contributed by atoms with E-state index in [0.717, 1.165) is 13.0 Å². The number of rotatable bonds is 5. The van der Waals surface area contributed by atoms with Crippen LogP contribution in [0.15, 0.2) is 0 Å². The Morgan fingerprint density at radius 1 is 1.31 bits per heavy atom. The predicted molar refractivity (Wildman–Crippen MR) is 68.6 cm³/mol. The molecule has 0 aliphatic heterocycles. The van der Waals surface area contributed by atoms with E-state index in [1.807, 2.05) is 0 Å². The minimum absolute atomic E-state index is 0.132. The maximum absolute atomic E-state index is 12.0. The maximum atomic E-state index is 12.0. The number of amides is 1. The third-order valence-electron chi connectivity index (χ3n) is 4.51. The van der Waals surface area contributed by atoms with Gasteiger partial charge < -0.3 is 5.32 Å². The molecule has 3 heteroatoms. The molecule has 0 heterocycles. The third kappa shape index (κ3) is 2.37. The zero-order chi connectivity index (χ0) is 12.6. The first kappa shape index (κ1) is 13.8. The van der Waals surface area contributed by atoms with E-state index < -0.39 is 0 Å². The Morgan fingerprint density at radius 2 is 1.81 bits per heavy atom. The molecule has 94 valence electrons. The number of nitrogens with one attached hydrogen (secondary N) is 1. The molecule has 0 aromatic rings. The van der Waals surface area contributed by atoms with Crippen molar-refractivity contribution in [2.45, 2.75) is 41.0 Å². The van der Waals surface area contributed by atoms with Crippen LogP contribution in [0.3, 0.4) is 0 Å². The fourth-order valence-corrected chi connectivity index (χ4v) is 2.89. The Kier molecular flexibility index (Phi) is 3.94. The van der Waals surface area contributed by atoms with Gasteiger partial charge in [-0.1, -0.05) is 34.6 Å². The van der Waals surface area contributed by atoms with Crippen LogP contribution in [0, 0.1) is 22.7 Å². The molecule has 1 amide bonds. The summed E-state index contributed by atoms with van der Waals surface area (Å²) in [4.78, 5) is 12.0. The average Bonchev–Trinajstić information content (AvgIpc) is 2.54. The number of carbonyl (C=O) groups excluding carboxylic acids is 1. The Morgan fingerprint density at radius 3 is 2.19 bits per heavy atom. The summed E-state index contributed by atoms with van der Waals surface area (Å²) in [6.07, 6.45) is 0.958. The van der Waals surface area contributed by atoms with Crippen molar-refractivity contribution in [3.8, 4) is 0 Å². The summed E-state index contributed by atoms with van der Waals surface area (Å²) in [5.74, 6) is 1.49. The van der Waals surface area contributed by atoms with E-state index in [1.165, 1.54) is 0 Å². The van der Waals surface area contributed by atoms with Crippen LogP contribution in [-0.4, -0.2) is 18.3 Å². The van der Waals surface area contributed by atoms with Crippen LogP contribution in [-0.2, 0) is 4.79 Å². The van der Waals surface area contributed by atoms with Gasteiger partial charge in [-0.25, -0.2) is 0 Å². The van der Waals surface area contributed by atoms with Gasteiger partial charge in [-0.3, -0.25) is 4.79 Å². The first-order chi connectivity index (χ1) is 7.25. The minimum Gasteiger partial charge on any atom is -0.356 e. The molecule has 0 bridgehead atoms. The molecule has 1 atom stereocenters. The molecule has 0 aromatic carbocycles. The lowest BCUT2D eigenvalue weighted by atomic mass is 10.0. The molecule has 1 aliphatic rings. The van der Waals surface area contributed by atoms with E-state index in [0.29, 0.717) is 11.8 Å². The van der Waals surface area contributed by atoms with Crippen LogP contribution < -0.4 is 5.32 Å². The molecule has 1 aliphatic carbocycles. The van der Waals surface area contributed by atoms with Crippen molar-refractivity contribution in [3.05, 3.63) is 0 Å². The van der Waals surface area contributed by atoms with Gasteiger partial charge in [-0.2, -0.15) is 0 Å². The second-order valence-electron chi connectivity index (χ2n) is 6.20. The quantitative estimate of drug-likeness (QED) is 0.742. The topological polar surface area (TPSA) is 29.1 Å². The smallest absolute Gasteiger partial charge is 0.224 e. The van der Waals surface area contributed by atoms with Crippen LogP contribution in [0.4, 0.5) is 0 Å². The maximum Gasteiger partial charge on any atom is 0.224 e. The van der Waals surface area contributed by atoms with Gasteiger partial charge in [0.2, 0.25) is 5.91 Å². The number of hydrogen-bond acceptors (Lipinski definition) is 1. The SMILES string of the molecule is CC(CCCl)CNC(=O)C1C(C)(C)C1(C)C. The van der Waals surface area contributed by atoms with Crippen molar-refractivity contribution in [2.24, 2.45) is 22.7 Å². The first-order valence-corrected chi connectivity index (χ1v) is 6.62. The van der Waals surface area contributed by atoms with Gasteiger partial charge in [0, 0.05) is 18.3 Å². The van der Waals surface area contributed by atoms with Crippen molar-refractivity contribution < 1.29 is 4.79 Å². The highest BCUT2D eigenvalue weighted by Gasteiger charge is 2.68. The highest BCUT2D eigenvalue weighted by atomic mass is 35.5. The molecule has 16 heavy (non-hydrogen) atoms. The third-order valence-corrected chi connectivity index (χ3v) is 4.73. The van der Waals surface area contributed by atoms with Crippen LogP contribution in [0.1, 0.15) is 41.0 Å². The van der Waals surface area contributed by atoms with E-state index in [1.54, 1.807) is 0 Å². The molecule has 2 nitrogen and oxygen atoms in total. The zero-order valence-corrected chi connectivity index (χ0v) is 11.8. The summed E-state index contributed by atoms with van der Waals surface area (Å²) in [5, 5.41) is 3.04. The van der Waals surface area contributed by atoms with Crippen LogP contribution >= 0.6 is 11.6 Å². The molecule has 0 radical (unpaired) electrons.